The molecule has 1 aromatic heterocycles. The molecule has 4 rings (SSSR count). The van der Waals surface area contributed by atoms with Gasteiger partial charge in [-0.25, -0.2) is 14.1 Å². The topological polar surface area (TPSA) is 46.9 Å². The van der Waals surface area contributed by atoms with Gasteiger partial charge < -0.3 is 0 Å². The number of anilines is 1. The quantitative estimate of drug-likeness (QED) is 0.379. The first-order valence-corrected chi connectivity index (χ1v) is 10.8. The van der Waals surface area contributed by atoms with Crippen LogP contribution in [0.5, 0.6) is 0 Å². The highest BCUT2D eigenvalue weighted by Gasteiger charge is 2.13. The number of nitrogens with zero attached hydrogens (tertiary/aromatic N) is 2. The number of halogens is 2. The number of rotatable bonds is 5. The fourth-order valence-corrected chi connectivity index (χ4v) is 4.22. The number of nitrogens with one attached hydrogen (secondary N) is 1. The summed E-state index contributed by atoms with van der Waals surface area (Å²) in [6.45, 7) is 3.98. The van der Waals surface area contributed by atoms with E-state index in [1.54, 1.807) is 30.0 Å². The molecule has 0 amide bonds. The van der Waals surface area contributed by atoms with Gasteiger partial charge in [0.2, 0.25) is 0 Å². The summed E-state index contributed by atoms with van der Waals surface area (Å²) in [7, 11) is 0. The summed E-state index contributed by atoms with van der Waals surface area (Å²) in [4.78, 5) is 18.8. The van der Waals surface area contributed by atoms with Gasteiger partial charge in [0.1, 0.15) is 12.1 Å². The predicted octanol–water partition coefficient (Wildman–Crippen LogP) is 6.15. The second-order valence-electron chi connectivity index (χ2n) is 6.82. The number of thioether (sulfide) groups is 1. The van der Waals surface area contributed by atoms with Crippen LogP contribution in [-0.4, -0.2) is 15.4 Å². The molecule has 4 aromatic rings. The summed E-state index contributed by atoms with van der Waals surface area (Å²) in [5.74, 6) is 0.582. The van der Waals surface area contributed by atoms with Crippen molar-refractivity contribution in [2.24, 2.45) is 0 Å². The van der Waals surface area contributed by atoms with Crippen LogP contribution in [0, 0.1) is 12.7 Å². The molecule has 7 heteroatoms. The van der Waals surface area contributed by atoms with Crippen molar-refractivity contribution in [2.45, 2.75) is 18.7 Å². The zero-order valence-electron chi connectivity index (χ0n) is 16.4. The van der Waals surface area contributed by atoms with Gasteiger partial charge in [-0.1, -0.05) is 30.7 Å². The minimum Gasteiger partial charge on any atom is -0.289 e. The Kier molecular flexibility index (Phi) is 5.79. The van der Waals surface area contributed by atoms with Gasteiger partial charge in [-0.15, -0.1) is 11.8 Å². The highest BCUT2D eigenvalue weighted by atomic mass is 35.5. The molecular formula is C23H19ClFN3OS. The van der Waals surface area contributed by atoms with Gasteiger partial charge in [-0.05, 0) is 66.3 Å². The molecule has 0 aliphatic rings. The Morgan fingerprint density at radius 1 is 1.13 bits per heavy atom. The van der Waals surface area contributed by atoms with E-state index in [1.807, 2.05) is 31.2 Å². The van der Waals surface area contributed by atoms with Crippen LogP contribution in [0.4, 0.5) is 10.1 Å². The molecule has 0 aliphatic carbocycles. The van der Waals surface area contributed by atoms with Crippen molar-refractivity contribution in [3.63, 3.8) is 0 Å². The third-order valence-electron chi connectivity index (χ3n) is 4.64. The zero-order valence-corrected chi connectivity index (χ0v) is 18.0. The van der Waals surface area contributed by atoms with E-state index in [0.717, 1.165) is 33.0 Å². The van der Waals surface area contributed by atoms with Gasteiger partial charge in [0, 0.05) is 15.5 Å². The van der Waals surface area contributed by atoms with Gasteiger partial charge in [-0.2, -0.15) is 0 Å². The van der Waals surface area contributed by atoms with Crippen LogP contribution in [0.3, 0.4) is 0 Å². The minimum atomic E-state index is -0.308. The molecule has 3 aromatic carbocycles. The smallest absolute Gasteiger partial charge is 0.280 e. The summed E-state index contributed by atoms with van der Waals surface area (Å²) < 4.78 is 14.7. The summed E-state index contributed by atoms with van der Waals surface area (Å²) >= 11 is 7.81. The van der Waals surface area contributed by atoms with E-state index in [2.05, 4.69) is 17.3 Å². The molecule has 0 spiro atoms. The molecule has 0 atom stereocenters. The number of benzene rings is 3. The Morgan fingerprint density at radius 3 is 2.63 bits per heavy atom. The van der Waals surface area contributed by atoms with Crippen LogP contribution in [0.15, 0.2) is 70.6 Å². The first-order chi connectivity index (χ1) is 14.5. The molecule has 0 saturated heterocycles. The average molecular weight is 440 g/mol. The molecule has 1 N–H and O–H groups in total. The average Bonchev–Trinajstić information content (AvgIpc) is 2.72. The van der Waals surface area contributed by atoms with E-state index in [0.29, 0.717) is 15.9 Å². The fourth-order valence-electron chi connectivity index (χ4n) is 3.31. The SMILES string of the molecule is CCSc1ccc(Cl)cc1Nn1cnc2c(-c3ccc(F)cc3)cc(C)cc2c1=O. The second-order valence-corrected chi connectivity index (χ2v) is 8.56. The van der Waals surface area contributed by atoms with Crippen LogP contribution < -0.4 is 11.0 Å². The second kappa shape index (κ2) is 8.50. The molecule has 4 nitrogen and oxygen atoms in total. The first kappa shape index (κ1) is 20.4. The van der Waals surface area contributed by atoms with Crippen LogP contribution in [0.2, 0.25) is 5.02 Å². The third kappa shape index (κ3) is 4.06. The summed E-state index contributed by atoms with van der Waals surface area (Å²) in [6.07, 6.45) is 1.47. The predicted molar refractivity (Wildman–Crippen MR) is 123 cm³/mol. The van der Waals surface area contributed by atoms with E-state index in [1.165, 1.54) is 23.1 Å². The summed E-state index contributed by atoms with van der Waals surface area (Å²) in [5, 5.41) is 1.06. The molecular weight excluding hydrogens is 421 g/mol. The lowest BCUT2D eigenvalue weighted by Crippen LogP contribution is -2.27. The lowest BCUT2D eigenvalue weighted by molar-refractivity contribution is 0.628. The molecule has 0 aliphatic heterocycles. The molecule has 0 unspecified atom stereocenters. The highest BCUT2D eigenvalue weighted by Crippen LogP contribution is 2.30. The summed E-state index contributed by atoms with van der Waals surface area (Å²) in [5.41, 5.74) is 6.74. The van der Waals surface area contributed by atoms with Gasteiger partial charge in [0.15, 0.2) is 0 Å². The number of fused-ring (bicyclic) bond motifs is 1. The summed E-state index contributed by atoms with van der Waals surface area (Å²) in [6, 6.07) is 15.5. The lowest BCUT2D eigenvalue weighted by atomic mass is 10.00. The van der Waals surface area contributed by atoms with Gasteiger partial charge >= 0.3 is 0 Å². The Bertz CT molecular complexity index is 1290. The van der Waals surface area contributed by atoms with Crippen LogP contribution in [0.25, 0.3) is 22.0 Å². The maximum Gasteiger partial charge on any atom is 0.280 e. The first-order valence-electron chi connectivity index (χ1n) is 9.43. The van der Waals surface area contributed by atoms with E-state index < -0.39 is 0 Å². The zero-order chi connectivity index (χ0) is 21.3. The van der Waals surface area contributed by atoms with Gasteiger partial charge in [-0.3, -0.25) is 10.2 Å². The van der Waals surface area contributed by atoms with Crippen molar-refractivity contribution in [1.82, 2.24) is 9.66 Å². The Morgan fingerprint density at radius 2 is 1.90 bits per heavy atom. The number of hydrogen-bond donors (Lipinski definition) is 1. The van der Waals surface area contributed by atoms with Gasteiger partial charge in [0.25, 0.3) is 5.56 Å². The number of aromatic nitrogens is 2. The molecule has 0 radical (unpaired) electrons. The van der Waals surface area contributed by atoms with E-state index >= 15 is 0 Å². The van der Waals surface area contributed by atoms with Crippen LogP contribution in [0.1, 0.15) is 12.5 Å². The Balaban J connectivity index is 1.83. The number of hydrogen-bond acceptors (Lipinski definition) is 4. The van der Waals surface area contributed by atoms with Crippen molar-refractivity contribution in [1.29, 1.82) is 0 Å². The van der Waals surface area contributed by atoms with Crippen LogP contribution >= 0.6 is 23.4 Å². The number of aryl methyl sites for hydroxylation is 1. The molecule has 30 heavy (non-hydrogen) atoms. The molecule has 1 heterocycles. The third-order valence-corrected chi connectivity index (χ3v) is 5.83. The van der Waals surface area contributed by atoms with E-state index in [4.69, 9.17) is 11.6 Å². The molecule has 0 saturated carbocycles. The molecule has 152 valence electrons. The Labute approximate surface area is 182 Å². The maximum atomic E-state index is 13.3. The van der Waals surface area contributed by atoms with Gasteiger partial charge in [0.05, 0.1) is 16.6 Å². The van der Waals surface area contributed by atoms with Crippen molar-refractivity contribution in [2.75, 3.05) is 11.2 Å². The van der Waals surface area contributed by atoms with Crippen LogP contribution in [-0.2, 0) is 0 Å². The monoisotopic (exact) mass is 439 g/mol. The molecule has 0 fully saturated rings. The van der Waals surface area contributed by atoms with Crippen molar-refractivity contribution >= 4 is 40.0 Å². The highest BCUT2D eigenvalue weighted by molar-refractivity contribution is 7.99. The van der Waals surface area contributed by atoms with E-state index in [-0.39, 0.29) is 11.4 Å². The molecule has 0 bridgehead atoms. The fraction of sp³-hybridized carbons (Fsp3) is 0.130. The maximum absolute atomic E-state index is 13.3. The normalized spacial score (nSPS) is 11.1. The Hall–Kier alpha value is -2.83. The van der Waals surface area contributed by atoms with Crippen molar-refractivity contribution < 1.29 is 4.39 Å². The van der Waals surface area contributed by atoms with Crippen molar-refractivity contribution in [3.05, 3.63) is 87.7 Å². The van der Waals surface area contributed by atoms with Crippen molar-refractivity contribution in [3.8, 4) is 11.1 Å². The lowest BCUT2D eigenvalue weighted by Gasteiger charge is -2.15. The largest absolute Gasteiger partial charge is 0.289 e. The minimum absolute atomic E-state index is 0.223. The van der Waals surface area contributed by atoms with E-state index in [9.17, 15) is 9.18 Å². The standard InChI is InChI=1S/C23H19ClFN3OS/c1-3-30-21-9-6-16(24)12-20(21)27-28-13-26-22-18(15-4-7-17(25)8-5-15)10-14(2)11-19(22)23(28)29/h4-13,27H,3H2,1-2H3.